The number of nitrogens with zero attached hydrogens (tertiary/aromatic N) is 6. The van der Waals surface area contributed by atoms with Crippen LogP contribution in [0.5, 0.6) is 5.75 Å². The van der Waals surface area contributed by atoms with Crippen LogP contribution >= 0.6 is 0 Å². The highest BCUT2D eigenvalue weighted by Crippen LogP contribution is 2.24. The summed E-state index contributed by atoms with van der Waals surface area (Å²) in [5.74, 6) is 2.14. The SMILES string of the molecule is O=S1(=O)CCC(n2nc(COc3ccccc3)nc2Cn2ccnn2)C1. The normalized spacial score (nSPS) is 18.8. The lowest BCUT2D eigenvalue weighted by atomic mass is 10.3. The Kier molecular flexibility index (Phi) is 4.41. The lowest BCUT2D eigenvalue weighted by Crippen LogP contribution is -2.17. The zero-order chi connectivity index (χ0) is 18.0. The van der Waals surface area contributed by atoms with Gasteiger partial charge in [-0.15, -0.1) is 5.10 Å². The molecule has 0 bridgehead atoms. The van der Waals surface area contributed by atoms with Crippen LogP contribution in [0, 0.1) is 0 Å². The second-order valence-electron chi connectivity index (χ2n) is 6.15. The molecule has 0 aliphatic carbocycles. The minimum Gasteiger partial charge on any atom is -0.486 e. The molecule has 10 heteroatoms. The van der Waals surface area contributed by atoms with E-state index in [1.807, 2.05) is 30.3 Å². The minimum atomic E-state index is -3.02. The van der Waals surface area contributed by atoms with Gasteiger partial charge in [-0.25, -0.2) is 22.8 Å². The van der Waals surface area contributed by atoms with Crippen LogP contribution in [-0.2, 0) is 23.0 Å². The Morgan fingerprint density at radius 2 is 2.08 bits per heavy atom. The number of sulfone groups is 1. The summed E-state index contributed by atoms with van der Waals surface area (Å²) in [5.41, 5.74) is 0. The third-order valence-corrected chi connectivity index (χ3v) is 5.94. The minimum absolute atomic E-state index is 0.0830. The molecule has 3 heterocycles. The Bertz CT molecular complexity index is 969. The molecule has 1 unspecified atom stereocenters. The topological polar surface area (TPSA) is 105 Å². The number of para-hydroxylation sites is 1. The first-order chi connectivity index (χ1) is 12.6. The third-order valence-electron chi connectivity index (χ3n) is 4.19. The molecule has 0 spiro atoms. The highest BCUT2D eigenvalue weighted by Gasteiger charge is 2.32. The molecular weight excluding hydrogens is 356 g/mol. The molecule has 0 radical (unpaired) electrons. The number of aromatic nitrogens is 6. The van der Waals surface area contributed by atoms with Gasteiger partial charge in [-0.2, -0.15) is 5.10 Å². The second kappa shape index (κ2) is 6.87. The summed E-state index contributed by atoms with van der Waals surface area (Å²) in [6, 6.07) is 9.20. The highest BCUT2D eigenvalue weighted by molar-refractivity contribution is 7.91. The predicted octanol–water partition coefficient (Wildman–Crippen LogP) is 0.856. The highest BCUT2D eigenvalue weighted by atomic mass is 32.2. The van der Waals surface area contributed by atoms with E-state index in [1.54, 1.807) is 21.8 Å². The van der Waals surface area contributed by atoms with Gasteiger partial charge in [0.05, 0.1) is 23.7 Å². The number of hydrogen-bond donors (Lipinski definition) is 0. The van der Waals surface area contributed by atoms with E-state index in [4.69, 9.17) is 4.74 Å². The summed E-state index contributed by atoms with van der Waals surface area (Å²) in [6.07, 6.45) is 3.85. The monoisotopic (exact) mass is 374 g/mol. The van der Waals surface area contributed by atoms with Crippen LogP contribution in [0.1, 0.15) is 24.1 Å². The van der Waals surface area contributed by atoms with Gasteiger partial charge < -0.3 is 4.74 Å². The van der Waals surface area contributed by atoms with Crippen LogP contribution in [0.4, 0.5) is 0 Å². The van der Waals surface area contributed by atoms with E-state index in [0.29, 0.717) is 24.6 Å². The smallest absolute Gasteiger partial charge is 0.188 e. The zero-order valence-corrected chi connectivity index (χ0v) is 14.8. The van der Waals surface area contributed by atoms with E-state index < -0.39 is 9.84 Å². The standard InChI is InChI=1S/C16H18N6O3S/c23-26(24)9-6-13(12-26)22-16(10-21-8-7-17-20-21)18-15(19-22)11-25-14-4-2-1-3-5-14/h1-5,7-8,13H,6,9-12H2. The van der Waals surface area contributed by atoms with Crippen LogP contribution in [0.3, 0.4) is 0 Å². The largest absolute Gasteiger partial charge is 0.486 e. The molecule has 1 saturated heterocycles. The molecule has 4 rings (SSSR count). The molecule has 9 nitrogen and oxygen atoms in total. The molecule has 136 valence electrons. The fourth-order valence-electron chi connectivity index (χ4n) is 2.96. The molecule has 1 fully saturated rings. The van der Waals surface area contributed by atoms with Crippen LogP contribution in [0.15, 0.2) is 42.7 Å². The Hall–Kier alpha value is -2.75. The van der Waals surface area contributed by atoms with Crippen LogP contribution in [-0.4, -0.2) is 49.7 Å². The summed E-state index contributed by atoms with van der Waals surface area (Å²) < 4.78 is 32.7. The summed E-state index contributed by atoms with van der Waals surface area (Å²) in [4.78, 5) is 4.54. The Morgan fingerprint density at radius 3 is 2.77 bits per heavy atom. The molecule has 1 aromatic carbocycles. The van der Waals surface area contributed by atoms with E-state index in [2.05, 4.69) is 20.4 Å². The average molecular weight is 374 g/mol. The van der Waals surface area contributed by atoms with Crippen LogP contribution in [0.25, 0.3) is 0 Å². The summed E-state index contributed by atoms with van der Waals surface area (Å²) in [7, 11) is -3.02. The third kappa shape index (κ3) is 3.74. The van der Waals surface area contributed by atoms with Gasteiger partial charge >= 0.3 is 0 Å². The van der Waals surface area contributed by atoms with Gasteiger partial charge in [0.25, 0.3) is 0 Å². The van der Waals surface area contributed by atoms with Crippen LogP contribution < -0.4 is 4.74 Å². The molecular formula is C16H18N6O3S. The predicted molar refractivity (Wildman–Crippen MR) is 92.2 cm³/mol. The van der Waals surface area contributed by atoms with Gasteiger partial charge in [-0.3, -0.25) is 0 Å². The van der Waals surface area contributed by atoms with Gasteiger partial charge in [0.2, 0.25) is 0 Å². The Morgan fingerprint density at radius 1 is 1.23 bits per heavy atom. The maximum absolute atomic E-state index is 11.8. The quantitative estimate of drug-likeness (QED) is 0.630. The van der Waals surface area contributed by atoms with E-state index in [-0.39, 0.29) is 24.2 Å². The van der Waals surface area contributed by atoms with Crippen molar-refractivity contribution in [2.45, 2.75) is 25.6 Å². The zero-order valence-electron chi connectivity index (χ0n) is 14.0. The van der Waals surface area contributed by atoms with E-state index in [1.165, 1.54) is 0 Å². The molecule has 26 heavy (non-hydrogen) atoms. The van der Waals surface area contributed by atoms with Crippen molar-refractivity contribution in [3.63, 3.8) is 0 Å². The van der Waals surface area contributed by atoms with Crippen molar-refractivity contribution in [1.29, 1.82) is 0 Å². The Labute approximate surface area is 150 Å². The van der Waals surface area contributed by atoms with Gasteiger partial charge in [0, 0.05) is 6.20 Å². The summed E-state index contributed by atoms with van der Waals surface area (Å²) >= 11 is 0. The van der Waals surface area contributed by atoms with Crippen molar-refractivity contribution >= 4 is 9.84 Å². The summed E-state index contributed by atoms with van der Waals surface area (Å²) in [6.45, 7) is 0.579. The van der Waals surface area contributed by atoms with Crippen molar-refractivity contribution < 1.29 is 13.2 Å². The fraction of sp³-hybridized carbons (Fsp3) is 0.375. The van der Waals surface area contributed by atoms with Crippen molar-refractivity contribution in [3.05, 3.63) is 54.4 Å². The average Bonchev–Trinajstić information content (AvgIpc) is 3.35. The molecule has 1 aliphatic heterocycles. The van der Waals surface area contributed by atoms with Gasteiger partial charge in [0.15, 0.2) is 15.7 Å². The summed E-state index contributed by atoms with van der Waals surface area (Å²) in [5, 5.41) is 12.2. The molecule has 0 N–H and O–H groups in total. The fourth-order valence-corrected chi connectivity index (χ4v) is 4.65. The van der Waals surface area contributed by atoms with Crippen LogP contribution in [0.2, 0.25) is 0 Å². The van der Waals surface area contributed by atoms with E-state index in [0.717, 1.165) is 5.75 Å². The molecule has 2 aromatic heterocycles. The van der Waals surface area contributed by atoms with E-state index >= 15 is 0 Å². The maximum Gasteiger partial charge on any atom is 0.188 e. The molecule has 0 amide bonds. The molecule has 0 saturated carbocycles. The molecule has 3 aromatic rings. The number of hydrogen-bond acceptors (Lipinski definition) is 7. The van der Waals surface area contributed by atoms with Gasteiger partial charge in [-0.1, -0.05) is 23.4 Å². The number of ether oxygens (including phenoxy) is 1. The molecule has 1 atom stereocenters. The van der Waals surface area contributed by atoms with Gasteiger partial charge in [-0.05, 0) is 18.6 Å². The van der Waals surface area contributed by atoms with Crippen molar-refractivity contribution in [2.24, 2.45) is 0 Å². The molecule has 1 aliphatic rings. The lowest BCUT2D eigenvalue weighted by Gasteiger charge is -2.11. The number of benzene rings is 1. The Balaban J connectivity index is 1.57. The van der Waals surface area contributed by atoms with Gasteiger partial charge in [0.1, 0.15) is 24.7 Å². The first-order valence-corrected chi connectivity index (χ1v) is 10.1. The lowest BCUT2D eigenvalue weighted by molar-refractivity contribution is 0.294. The van der Waals surface area contributed by atoms with Crippen molar-refractivity contribution in [2.75, 3.05) is 11.5 Å². The first kappa shape index (κ1) is 16.7. The second-order valence-corrected chi connectivity index (χ2v) is 8.38. The van der Waals surface area contributed by atoms with Crippen molar-refractivity contribution in [1.82, 2.24) is 29.8 Å². The maximum atomic E-state index is 11.8. The van der Waals surface area contributed by atoms with Crippen molar-refractivity contribution in [3.8, 4) is 5.75 Å². The number of rotatable bonds is 6. The van der Waals surface area contributed by atoms with E-state index in [9.17, 15) is 8.42 Å². The first-order valence-electron chi connectivity index (χ1n) is 8.26.